The topological polar surface area (TPSA) is 63.1 Å². The maximum absolute atomic E-state index is 12.9. The molecule has 2 saturated heterocycles. The molecule has 2 aliphatic heterocycles. The molecular formula is C17H19N5O. The summed E-state index contributed by atoms with van der Waals surface area (Å²) in [5.74, 6) is 0.886. The van der Waals surface area contributed by atoms with Crippen molar-refractivity contribution in [3.8, 4) is 5.69 Å². The molecule has 1 aromatic carbocycles. The quantitative estimate of drug-likeness (QED) is 0.936. The molecule has 0 spiro atoms. The Labute approximate surface area is 134 Å². The number of nitrogens with zero attached hydrogens (tertiary/aromatic N) is 4. The molecule has 6 heteroatoms. The third-order valence-electron chi connectivity index (χ3n) is 5.46. The first-order valence-corrected chi connectivity index (χ1v) is 8.30. The number of carbonyl (C=O) groups excluding carboxylic acids is 1. The molecule has 6 nitrogen and oxygen atoms in total. The number of anilines is 1. The zero-order chi connectivity index (χ0) is 15.4. The molecule has 0 radical (unpaired) electrons. The van der Waals surface area contributed by atoms with E-state index < -0.39 is 0 Å². The second-order valence-corrected chi connectivity index (χ2v) is 7.04. The van der Waals surface area contributed by atoms with Crippen LogP contribution in [0.1, 0.15) is 25.7 Å². The van der Waals surface area contributed by atoms with Gasteiger partial charge in [-0.25, -0.2) is 4.68 Å². The molecule has 2 saturated carbocycles. The van der Waals surface area contributed by atoms with E-state index in [-0.39, 0.29) is 11.4 Å². The number of fused-ring (bicyclic) bond motifs is 1. The van der Waals surface area contributed by atoms with Crippen LogP contribution in [0.25, 0.3) is 5.69 Å². The van der Waals surface area contributed by atoms with Gasteiger partial charge >= 0.3 is 0 Å². The van der Waals surface area contributed by atoms with E-state index in [1.807, 2.05) is 24.3 Å². The van der Waals surface area contributed by atoms with Crippen molar-refractivity contribution in [1.82, 2.24) is 19.9 Å². The molecule has 4 fully saturated rings. The molecule has 3 heterocycles. The minimum Gasteiger partial charge on any atom is -0.324 e. The number of hydrogen-bond acceptors (Lipinski definition) is 4. The lowest BCUT2D eigenvalue weighted by atomic mass is 9.72. The predicted octanol–water partition coefficient (Wildman–Crippen LogP) is 1.83. The monoisotopic (exact) mass is 309 g/mol. The van der Waals surface area contributed by atoms with Crippen molar-refractivity contribution in [3.05, 3.63) is 36.7 Å². The highest BCUT2D eigenvalue weighted by molar-refractivity contribution is 5.99. The summed E-state index contributed by atoms with van der Waals surface area (Å²) >= 11 is 0. The van der Waals surface area contributed by atoms with Gasteiger partial charge in [-0.05, 0) is 49.8 Å². The summed E-state index contributed by atoms with van der Waals surface area (Å²) in [6.07, 6.45) is 8.00. The SMILES string of the molecule is O=C(Nc1cccc(-n2ccnn2)c1)C12CC(CN1C1CC1)C2. The number of hydrogen-bond donors (Lipinski definition) is 1. The van der Waals surface area contributed by atoms with Crippen LogP contribution in [0.4, 0.5) is 5.69 Å². The molecule has 2 aliphatic carbocycles. The predicted molar refractivity (Wildman–Crippen MR) is 85.2 cm³/mol. The van der Waals surface area contributed by atoms with E-state index in [0.717, 1.165) is 36.7 Å². The van der Waals surface area contributed by atoms with Gasteiger partial charge in [-0.3, -0.25) is 9.69 Å². The lowest BCUT2D eigenvalue weighted by Gasteiger charge is -2.40. The first-order chi connectivity index (χ1) is 11.2. The fraction of sp³-hybridized carbons (Fsp3) is 0.471. The summed E-state index contributed by atoms with van der Waals surface area (Å²) < 4.78 is 1.69. The molecular weight excluding hydrogens is 290 g/mol. The van der Waals surface area contributed by atoms with Crippen molar-refractivity contribution in [2.45, 2.75) is 37.3 Å². The fourth-order valence-electron chi connectivity index (χ4n) is 4.23. The highest BCUT2D eigenvalue weighted by Gasteiger charge is 2.63. The Morgan fingerprint density at radius 1 is 1.30 bits per heavy atom. The summed E-state index contributed by atoms with van der Waals surface area (Å²) in [5.41, 5.74) is 1.48. The zero-order valence-corrected chi connectivity index (χ0v) is 12.9. The van der Waals surface area contributed by atoms with Gasteiger partial charge in [0.2, 0.25) is 5.91 Å². The van der Waals surface area contributed by atoms with Crippen LogP contribution in [-0.4, -0.2) is 43.9 Å². The van der Waals surface area contributed by atoms with Crippen molar-refractivity contribution in [2.24, 2.45) is 5.92 Å². The number of aromatic nitrogens is 3. The van der Waals surface area contributed by atoms with Crippen LogP contribution >= 0.6 is 0 Å². The Bertz CT molecular complexity index is 746. The second kappa shape index (κ2) is 4.64. The molecule has 1 amide bonds. The molecule has 2 bridgehead atoms. The highest BCUT2D eigenvalue weighted by Crippen LogP contribution is 2.54. The average molecular weight is 309 g/mol. The van der Waals surface area contributed by atoms with Gasteiger partial charge in [-0.1, -0.05) is 11.3 Å². The third-order valence-corrected chi connectivity index (χ3v) is 5.46. The number of nitrogens with one attached hydrogen (secondary N) is 1. The van der Waals surface area contributed by atoms with E-state index in [1.165, 1.54) is 12.8 Å². The van der Waals surface area contributed by atoms with Gasteiger partial charge in [0.25, 0.3) is 0 Å². The Kier molecular flexibility index (Phi) is 2.68. The molecule has 0 unspecified atom stereocenters. The molecule has 6 rings (SSSR count). The third kappa shape index (κ3) is 2.01. The van der Waals surface area contributed by atoms with Crippen molar-refractivity contribution in [1.29, 1.82) is 0 Å². The maximum atomic E-state index is 12.9. The van der Waals surface area contributed by atoms with Gasteiger partial charge in [0, 0.05) is 18.3 Å². The Hall–Kier alpha value is -2.21. The lowest BCUT2D eigenvalue weighted by Crippen LogP contribution is -2.55. The minimum atomic E-state index is -0.241. The summed E-state index contributed by atoms with van der Waals surface area (Å²) in [7, 11) is 0. The molecule has 118 valence electrons. The fourth-order valence-corrected chi connectivity index (χ4v) is 4.23. The zero-order valence-electron chi connectivity index (χ0n) is 12.9. The van der Waals surface area contributed by atoms with Crippen LogP contribution < -0.4 is 5.32 Å². The van der Waals surface area contributed by atoms with Crippen LogP contribution in [0, 0.1) is 5.92 Å². The van der Waals surface area contributed by atoms with Crippen LogP contribution in [0.15, 0.2) is 36.7 Å². The first-order valence-electron chi connectivity index (χ1n) is 8.30. The van der Waals surface area contributed by atoms with Crippen molar-refractivity contribution in [2.75, 3.05) is 11.9 Å². The number of amides is 1. The van der Waals surface area contributed by atoms with Crippen LogP contribution in [0.5, 0.6) is 0 Å². The van der Waals surface area contributed by atoms with Crippen molar-refractivity contribution >= 4 is 11.6 Å². The van der Waals surface area contributed by atoms with Crippen LogP contribution in [0.2, 0.25) is 0 Å². The van der Waals surface area contributed by atoms with Crippen LogP contribution in [0.3, 0.4) is 0 Å². The van der Waals surface area contributed by atoms with Crippen LogP contribution in [-0.2, 0) is 4.79 Å². The van der Waals surface area contributed by atoms with Crippen molar-refractivity contribution < 1.29 is 4.79 Å². The van der Waals surface area contributed by atoms with E-state index >= 15 is 0 Å². The molecule has 2 aromatic rings. The smallest absolute Gasteiger partial charge is 0.244 e. The van der Waals surface area contributed by atoms with Gasteiger partial charge in [-0.2, -0.15) is 0 Å². The van der Waals surface area contributed by atoms with E-state index in [0.29, 0.717) is 6.04 Å². The lowest BCUT2D eigenvalue weighted by molar-refractivity contribution is -0.129. The largest absolute Gasteiger partial charge is 0.324 e. The van der Waals surface area contributed by atoms with E-state index in [4.69, 9.17) is 0 Å². The first kappa shape index (κ1) is 13.2. The van der Waals surface area contributed by atoms with Gasteiger partial charge in [0.05, 0.1) is 18.1 Å². The van der Waals surface area contributed by atoms with E-state index in [9.17, 15) is 4.79 Å². The van der Waals surface area contributed by atoms with Gasteiger partial charge in [0.15, 0.2) is 0 Å². The minimum absolute atomic E-state index is 0.161. The Morgan fingerprint density at radius 3 is 2.91 bits per heavy atom. The Morgan fingerprint density at radius 2 is 2.17 bits per heavy atom. The van der Waals surface area contributed by atoms with Gasteiger partial charge in [0.1, 0.15) is 5.54 Å². The molecule has 0 atom stereocenters. The normalized spacial score (nSPS) is 29.3. The number of rotatable bonds is 4. The maximum Gasteiger partial charge on any atom is 0.244 e. The van der Waals surface area contributed by atoms with Gasteiger partial charge < -0.3 is 5.32 Å². The van der Waals surface area contributed by atoms with E-state index in [1.54, 1.807) is 17.1 Å². The summed E-state index contributed by atoms with van der Waals surface area (Å²) in [4.78, 5) is 15.4. The molecule has 1 aromatic heterocycles. The molecule has 23 heavy (non-hydrogen) atoms. The number of benzene rings is 1. The van der Waals surface area contributed by atoms with E-state index in [2.05, 4.69) is 20.5 Å². The standard InChI is InChI=1S/C17H19N5O/c23-16(17-9-12(10-17)11-21(17)14-4-5-14)19-13-2-1-3-15(8-13)22-7-6-18-20-22/h1-3,6-8,12,14H,4-5,9-11H2,(H,19,23). The van der Waals surface area contributed by atoms with Crippen molar-refractivity contribution in [3.63, 3.8) is 0 Å². The molecule has 1 N–H and O–H groups in total. The van der Waals surface area contributed by atoms with Gasteiger partial charge in [-0.15, -0.1) is 5.10 Å². The molecule has 4 aliphatic rings. The Balaban J connectivity index is 1.37. The highest BCUT2D eigenvalue weighted by atomic mass is 16.2. The summed E-state index contributed by atoms with van der Waals surface area (Å²) in [5, 5.41) is 11.0. The number of carbonyl (C=O) groups is 1. The second-order valence-electron chi connectivity index (χ2n) is 7.04. The summed E-state index contributed by atoms with van der Waals surface area (Å²) in [6, 6.07) is 8.40. The average Bonchev–Trinajstić information content (AvgIpc) is 2.99. The summed E-state index contributed by atoms with van der Waals surface area (Å²) in [6.45, 7) is 1.11.